The molecule has 0 saturated carbocycles. The van der Waals surface area contributed by atoms with Crippen molar-refractivity contribution in [3.8, 4) is 0 Å². The van der Waals surface area contributed by atoms with Gasteiger partial charge in [-0.25, -0.2) is 4.98 Å². The predicted octanol–water partition coefficient (Wildman–Crippen LogP) is 4.93. The van der Waals surface area contributed by atoms with E-state index in [1.54, 1.807) is 0 Å². The summed E-state index contributed by atoms with van der Waals surface area (Å²) < 4.78 is 0. The van der Waals surface area contributed by atoms with E-state index in [2.05, 4.69) is 10.3 Å². The summed E-state index contributed by atoms with van der Waals surface area (Å²) in [5.74, 6) is 0.201. The van der Waals surface area contributed by atoms with E-state index >= 15 is 0 Å². The van der Waals surface area contributed by atoms with Gasteiger partial charge in [-0.2, -0.15) is 0 Å². The van der Waals surface area contributed by atoms with Crippen molar-refractivity contribution in [2.75, 3.05) is 11.1 Å². The van der Waals surface area contributed by atoms with Gasteiger partial charge in [-0.3, -0.25) is 4.79 Å². The van der Waals surface area contributed by atoms with Crippen LogP contribution >= 0.6 is 11.3 Å². The third-order valence-corrected chi connectivity index (χ3v) is 5.02. The van der Waals surface area contributed by atoms with Crippen LogP contribution in [0.4, 0.5) is 16.6 Å². The average molecular weight is 351 g/mol. The molecule has 1 aromatic heterocycles. The molecule has 0 atom stereocenters. The van der Waals surface area contributed by atoms with Gasteiger partial charge >= 0.3 is 0 Å². The summed E-state index contributed by atoms with van der Waals surface area (Å²) in [7, 11) is 0. The van der Waals surface area contributed by atoms with E-state index in [-0.39, 0.29) is 11.6 Å². The number of anilines is 3. The van der Waals surface area contributed by atoms with Gasteiger partial charge in [0.1, 0.15) is 10.7 Å². The second kappa shape index (κ2) is 6.69. The molecule has 0 saturated heterocycles. The largest absolute Gasteiger partial charge is 0.382 e. The van der Waals surface area contributed by atoms with Crippen LogP contribution in [-0.4, -0.2) is 10.8 Å². The first kappa shape index (κ1) is 17.2. The summed E-state index contributed by atoms with van der Waals surface area (Å²) in [6.45, 7) is 7.96. The molecule has 0 bridgehead atoms. The van der Waals surface area contributed by atoms with Crippen LogP contribution in [0.15, 0.2) is 36.4 Å². The van der Waals surface area contributed by atoms with Gasteiger partial charge in [0, 0.05) is 11.3 Å². The van der Waals surface area contributed by atoms with E-state index in [1.807, 2.05) is 64.1 Å². The van der Waals surface area contributed by atoms with Crippen molar-refractivity contribution in [1.82, 2.24) is 4.98 Å². The number of hydrogen-bond acceptors (Lipinski definition) is 5. The smallest absolute Gasteiger partial charge is 0.207 e. The van der Waals surface area contributed by atoms with Crippen molar-refractivity contribution >= 4 is 33.8 Å². The first-order valence-corrected chi connectivity index (χ1v) is 8.89. The third kappa shape index (κ3) is 3.56. The minimum absolute atomic E-state index is 0.0673. The summed E-state index contributed by atoms with van der Waals surface area (Å²) in [4.78, 5) is 17.8. The number of aromatic nitrogens is 1. The van der Waals surface area contributed by atoms with E-state index in [0.29, 0.717) is 15.6 Å². The molecule has 0 aliphatic rings. The van der Waals surface area contributed by atoms with Gasteiger partial charge in [0.05, 0.1) is 0 Å². The molecule has 3 aromatic rings. The van der Waals surface area contributed by atoms with Crippen LogP contribution in [0.3, 0.4) is 0 Å². The highest BCUT2D eigenvalue weighted by Gasteiger charge is 2.21. The number of carbonyl (C=O) groups excluding carboxylic acids is 1. The van der Waals surface area contributed by atoms with Gasteiger partial charge in [0.25, 0.3) is 0 Å². The maximum Gasteiger partial charge on any atom is 0.207 e. The van der Waals surface area contributed by atoms with Gasteiger partial charge < -0.3 is 11.1 Å². The lowest BCUT2D eigenvalue weighted by Gasteiger charge is -2.09. The van der Waals surface area contributed by atoms with E-state index in [1.165, 1.54) is 11.3 Å². The Labute approximate surface area is 151 Å². The van der Waals surface area contributed by atoms with Gasteiger partial charge in [0.2, 0.25) is 5.78 Å². The van der Waals surface area contributed by atoms with Crippen LogP contribution in [0.25, 0.3) is 0 Å². The van der Waals surface area contributed by atoms with Crippen molar-refractivity contribution in [2.45, 2.75) is 27.7 Å². The highest BCUT2D eigenvalue weighted by atomic mass is 32.1. The maximum atomic E-state index is 13.0. The predicted molar refractivity (Wildman–Crippen MR) is 105 cm³/mol. The fourth-order valence-electron chi connectivity index (χ4n) is 3.05. The molecule has 25 heavy (non-hydrogen) atoms. The maximum absolute atomic E-state index is 13.0. The van der Waals surface area contributed by atoms with Crippen molar-refractivity contribution < 1.29 is 4.79 Å². The molecule has 3 rings (SSSR count). The topological polar surface area (TPSA) is 68.0 Å². The quantitative estimate of drug-likeness (QED) is 0.654. The summed E-state index contributed by atoms with van der Waals surface area (Å²) in [5.41, 5.74) is 11.9. The number of nitrogens with one attached hydrogen (secondary N) is 1. The Morgan fingerprint density at radius 3 is 2.36 bits per heavy atom. The normalized spacial score (nSPS) is 10.7. The number of thiazole rings is 1. The lowest BCUT2D eigenvalue weighted by Crippen LogP contribution is -2.07. The molecule has 128 valence electrons. The zero-order chi connectivity index (χ0) is 18.1. The van der Waals surface area contributed by atoms with E-state index in [9.17, 15) is 4.79 Å². The van der Waals surface area contributed by atoms with Gasteiger partial charge in [-0.1, -0.05) is 41.2 Å². The van der Waals surface area contributed by atoms with Crippen LogP contribution in [0.2, 0.25) is 0 Å². The molecule has 0 spiro atoms. The molecule has 0 aliphatic carbocycles. The Morgan fingerprint density at radius 2 is 1.72 bits per heavy atom. The molecule has 5 heteroatoms. The van der Waals surface area contributed by atoms with Crippen molar-refractivity contribution in [3.05, 3.63) is 69.1 Å². The van der Waals surface area contributed by atoms with E-state index in [4.69, 9.17) is 5.73 Å². The molecule has 4 nitrogen and oxygen atoms in total. The average Bonchev–Trinajstić information content (AvgIpc) is 2.86. The molecule has 2 aromatic carbocycles. The van der Waals surface area contributed by atoms with Crippen molar-refractivity contribution in [3.63, 3.8) is 0 Å². The number of nitrogens with two attached hydrogens (primary N) is 1. The Hall–Kier alpha value is -2.66. The van der Waals surface area contributed by atoms with Crippen molar-refractivity contribution in [1.29, 1.82) is 0 Å². The van der Waals surface area contributed by atoms with Gasteiger partial charge in [-0.05, 0) is 56.5 Å². The fourth-order valence-corrected chi connectivity index (χ4v) is 3.90. The molecule has 1 heterocycles. The first-order valence-electron chi connectivity index (χ1n) is 8.07. The standard InChI is InChI=1S/C20H21N3OS/c1-11-6-5-7-15(10-11)22-20-23-19(21)18(25-20)17(24)16-13(3)8-12(2)9-14(16)4/h5-10H,21H2,1-4H3,(H,22,23). The second-order valence-electron chi connectivity index (χ2n) is 6.33. The summed E-state index contributed by atoms with van der Waals surface area (Å²) in [5, 5.41) is 3.85. The van der Waals surface area contributed by atoms with Crippen LogP contribution < -0.4 is 11.1 Å². The Kier molecular flexibility index (Phi) is 4.59. The van der Waals surface area contributed by atoms with Crippen molar-refractivity contribution in [2.24, 2.45) is 0 Å². The fraction of sp³-hybridized carbons (Fsp3) is 0.200. The number of nitrogen functional groups attached to an aromatic ring is 1. The third-order valence-electron chi connectivity index (χ3n) is 4.03. The Balaban J connectivity index is 1.94. The van der Waals surface area contributed by atoms with Gasteiger partial charge in [0.15, 0.2) is 5.13 Å². The number of nitrogens with zero attached hydrogens (tertiary/aromatic N) is 1. The summed E-state index contributed by atoms with van der Waals surface area (Å²) in [6.07, 6.45) is 0. The number of hydrogen-bond donors (Lipinski definition) is 2. The molecule has 0 radical (unpaired) electrons. The molecule has 0 fully saturated rings. The highest BCUT2D eigenvalue weighted by molar-refractivity contribution is 7.18. The second-order valence-corrected chi connectivity index (χ2v) is 7.33. The van der Waals surface area contributed by atoms with E-state index in [0.717, 1.165) is 27.9 Å². The molecular formula is C20H21N3OS. The molecule has 3 N–H and O–H groups in total. The minimum Gasteiger partial charge on any atom is -0.382 e. The lowest BCUT2D eigenvalue weighted by atomic mass is 9.96. The molecule has 0 amide bonds. The molecule has 0 unspecified atom stereocenters. The van der Waals surface area contributed by atoms with E-state index < -0.39 is 0 Å². The number of carbonyl (C=O) groups is 1. The summed E-state index contributed by atoms with van der Waals surface area (Å²) in [6, 6.07) is 12.0. The van der Waals surface area contributed by atoms with Crippen LogP contribution in [0.1, 0.15) is 37.5 Å². The first-order chi connectivity index (χ1) is 11.8. The molecule has 0 aliphatic heterocycles. The van der Waals surface area contributed by atoms with Crippen LogP contribution in [-0.2, 0) is 0 Å². The van der Waals surface area contributed by atoms with Crippen LogP contribution in [0, 0.1) is 27.7 Å². The summed E-state index contributed by atoms with van der Waals surface area (Å²) >= 11 is 1.29. The zero-order valence-corrected chi connectivity index (χ0v) is 15.6. The number of rotatable bonds is 4. The number of aryl methyl sites for hydroxylation is 4. The lowest BCUT2D eigenvalue weighted by molar-refractivity contribution is 0.104. The molecular weight excluding hydrogens is 330 g/mol. The number of ketones is 1. The minimum atomic E-state index is -0.0673. The monoisotopic (exact) mass is 351 g/mol. The SMILES string of the molecule is Cc1cccc(Nc2nc(N)c(C(=O)c3c(C)cc(C)cc3C)s2)c1. The number of benzene rings is 2. The van der Waals surface area contributed by atoms with Crippen LogP contribution in [0.5, 0.6) is 0 Å². The Morgan fingerprint density at radius 1 is 1.04 bits per heavy atom. The Bertz CT molecular complexity index is 936. The zero-order valence-electron chi connectivity index (χ0n) is 14.8. The van der Waals surface area contributed by atoms with Gasteiger partial charge in [-0.15, -0.1) is 0 Å². The highest BCUT2D eigenvalue weighted by Crippen LogP contribution is 2.31.